The van der Waals surface area contributed by atoms with Gasteiger partial charge in [0.25, 0.3) is 0 Å². The van der Waals surface area contributed by atoms with Gasteiger partial charge in [-0.3, -0.25) is 14.4 Å². The Balaban J connectivity index is 3.53. The number of hydrogen-bond donors (Lipinski definition) is 2. The van der Waals surface area contributed by atoms with E-state index in [1.165, 1.54) is 51.4 Å². The van der Waals surface area contributed by atoms with Gasteiger partial charge in [0, 0.05) is 12.8 Å². The average molecular weight is 381 g/mol. The molecular weight excluding hydrogens is 340 g/mol. The molecule has 0 saturated carbocycles. The van der Waals surface area contributed by atoms with Crippen LogP contribution in [0, 0.1) is 5.92 Å². The summed E-state index contributed by atoms with van der Waals surface area (Å²) in [5.74, 6) is -2.75. The van der Waals surface area contributed by atoms with Crippen molar-refractivity contribution in [3.8, 4) is 0 Å². The zero-order chi connectivity index (χ0) is 20.3. The molecule has 4 N–H and O–H groups in total. The van der Waals surface area contributed by atoms with E-state index in [2.05, 4.69) is 19.1 Å². The summed E-state index contributed by atoms with van der Waals surface area (Å²) < 4.78 is 0. The van der Waals surface area contributed by atoms with Crippen LogP contribution in [0.5, 0.6) is 0 Å². The monoisotopic (exact) mass is 380 g/mol. The molecule has 0 aliphatic rings. The molecule has 1 unspecified atom stereocenters. The first kappa shape index (κ1) is 25.4. The smallest absolute Gasteiger partial charge is 0.228 e. The van der Waals surface area contributed by atoms with Crippen molar-refractivity contribution >= 4 is 17.6 Å². The minimum atomic E-state index is -1.06. The van der Waals surface area contributed by atoms with Crippen LogP contribution in [0.4, 0.5) is 0 Å². The van der Waals surface area contributed by atoms with Crippen LogP contribution in [0.15, 0.2) is 12.2 Å². The summed E-state index contributed by atoms with van der Waals surface area (Å²) in [4.78, 5) is 34.0. The summed E-state index contributed by atoms with van der Waals surface area (Å²) in [5.41, 5.74) is 10.2. The Hall–Kier alpha value is -1.65. The maximum atomic E-state index is 11.9. The number of rotatable bonds is 19. The molecule has 5 heteroatoms. The summed E-state index contributed by atoms with van der Waals surface area (Å²) in [6.07, 6.45) is 20.1. The van der Waals surface area contributed by atoms with E-state index < -0.39 is 17.7 Å². The lowest BCUT2D eigenvalue weighted by Gasteiger charge is -2.09. The van der Waals surface area contributed by atoms with E-state index in [1.54, 1.807) is 0 Å². The minimum Gasteiger partial charge on any atom is -0.370 e. The van der Waals surface area contributed by atoms with Crippen molar-refractivity contribution < 1.29 is 14.4 Å². The molecule has 0 aromatic carbocycles. The maximum Gasteiger partial charge on any atom is 0.228 e. The maximum absolute atomic E-state index is 11.9. The molecule has 27 heavy (non-hydrogen) atoms. The Kier molecular flexibility index (Phi) is 16.7. The van der Waals surface area contributed by atoms with Crippen molar-refractivity contribution in [3.63, 3.8) is 0 Å². The van der Waals surface area contributed by atoms with Crippen LogP contribution in [0.25, 0.3) is 0 Å². The Labute approximate surface area is 165 Å². The highest BCUT2D eigenvalue weighted by Crippen LogP contribution is 2.13. The van der Waals surface area contributed by atoms with Gasteiger partial charge in [0.1, 0.15) is 11.7 Å². The van der Waals surface area contributed by atoms with Crippen LogP contribution >= 0.6 is 0 Å². The van der Waals surface area contributed by atoms with Crippen molar-refractivity contribution in [2.75, 3.05) is 0 Å². The molecule has 2 amide bonds. The fourth-order valence-corrected chi connectivity index (χ4v) is 3.12. The van der Waals surface area contributed by atoms with Gasteiger partial charge in [0.15, 0.2) is 0 Å². The van der Waals surface area contributed by atoms with E-state index >= 15 is 0 Å². The molecule has 0 saturated heterocycles. The highest BCUT2D eigenvalue weighted by molar-refractivity contribution is 6.03. The third kappa shape index (κ3) is 16.3. The third-order valence-corrected chi connectivity index (χ3v) is 4.82. The predicted octanol–water partition coefficient (Wildman–Crippen LogP) is 4.57. The van der Waals surface area contributed by atoms with Crippen molar-refractivity contribution in [2.45, 2.75) is 103 Å². The summed E-state index contributed by atoms with van der Waals surface area (Å²) in [6.45, 7) is 2.24. The lowest BCUT2D eigenvalue weighted by molar-refractivity contribution is -0.135. The number of primary amides is 2. The van der Waals surface area contributed by atoms with Gasteiger partial charge < -0.3 is 11.5 Å². The molecule has 1 atom stereocenters. The molecular formula is C22H40N2O3. The Morgan fingerprint density at radius 3 is 1.70 bits per heavy atom. The fraction of sp³-hybridized carbons (Fsp3) is 0.773. The number of allylic oxidation sites excluding steroid dienone is 2. The van der Waals surface area contributed by atoms with Crippen LogP contribution in [-0.4, -0.2) is 17.6 Å². The zero-order valence-corrected chi connectivity index (χ0v) is 17.2. The van der Waals surface area contributed by atoms with Crippen LogP contribution < -0.4 is 11.5 Å². The minimum absolute atomic E-state index is 0.265. The molecule has 0 rings (SSSR count). The highest BCUT2D eigenvalue weighted by atomic mass is 16.2. The third-order valence-electron chi connectivity index (χ3n) is 4.82. The molecule has 0 fully saturated rings. The molecule has 0 aliphatic carbocycles. The van der Waals surface area contributed by atoms with Crippen LogP contribution in [0.3, 0.4) is 0 Å². The van der Waals surface area contributed by atoms with Crippen LogP contribution in [-0.2, 0) is 14.4 Å². The SMILES string of the molecule is CCCCCCCC/C=C\CCCCCCCC(=O)C(CC(N)=O)C(N)=O. The van der Waals surface area contributed by atoms with E-state index in [1.807, 2.05) is 0 Å². The van der Waals surface area contributed by atoms with Crippen LogP contribution in [0.1, 0.15) is 103 Å². The Morgan fingerprint density at radius 2 is 1.22 bits per heavy atom. The van der Waals surface area contributed by atoms with E-state index in [4.69, 9.17) is 11.5 Å². The van der Waals surface area contributed by atoms with Gasteiger partial charge >= 0.3 is 0 Å². The summed E-state index contributed by atoms with van der Waals surface area (Å²) in [7, 11) is 0. The van der Waals surface area contributed by atoms with Gasteiger partial charge in [0.05, 0.1) is 0 Å². The quantitative estimate of drug-likeness (QED) is 0.195. The van der Waals surface area contributed by atoms with Crippen molar-refractivity contribution in [3.05, 3.63) is 12.2 Å². The standard InChI is InChI=1S/C22H40N2O3/c1-2-3-4-5-6-7-8-9-10-11-12-13-14-15-16-17-20(25)19(22(24)27)18-21(23)26/h9-10,19H,2-8,11-18H2,1H3,(H2,23,26)(H2,24,27)/b10-9-. The largest absolute Gasteiger partial charge is 0.370 e. The molecule has 5 nitrogen and oxygen atoms in total. The number of carbonyl (C=O) groups is 3. The summed E-state index contributed by atoms with van der Waals surface area (Å²) >= 11 is 0. The van der Waals surface area contributed by atoms with E-state index in [9.17, 15) is 14.4 Å². The van der Waals surface area contributed by atoms with Crippen molar-refractivity contribution in [2.24, 2.45) is 17.4 Å². The van der Waals surface area contributed by atoms with Gasteiger partial charge in [-0.25, -0.2) is 0 Å². The number of unbranched alkanes of at least 4 members (excludes halogenated alkanes) is 11. The molecule has 0 aliphatic heterocycles. The lowest BCUT2D eigenvalue weighted by atomic mass is 9.94. The van der Waals surface area contributed by atoms with Gasteiger partial charge in [-0.2, -0.15) is 0 Å². The normalized spacial score (nSPS) is 12.3. The summed E-state index contributed by atoms with van der Waals surface area (Å²) in [6, 6.07) is 0. The molecule has 0 heterocycles. The van der Waals surface area contributed by atoms with E-state index in [0.29, 0.717) is 6.42 Å². The first-order valence-electron chi connectivity index (χ1n) is 10.7. The number of carbonyl (C=O) groups excluding carboxylic acids is 3. The average Bonchev–Trinajstić information content (AvgIpc) is 2.62. The molecule has 156 valence electrons. The Bertz CT molecular complexity index is 447. The van der Waals surface area contributed by atoms with Gasteiger partial charge in [0.2, 0.25) is 11.8 Å². The second kappa shape index (κ2) is 17.7. The topological polar surface area (TPSA) is 103 Å². The van der Waals surface area contributed by atoms with E-state index in [-0.39, 0.29) is 12.2 Å². The van der Waals surface area contributed by atoms with Gasteiger partial charge in [-0.15, -0.1) is 0 Å². The predicted molar refractivity (Wildman–Crippen MR) is 111 cm³/mol. The first-order chi connectivity index (χ1) is 13.0. The van der Waals surface area contributed by atoms with Crippen molar-refractivity contribution in [1.82, 2.24) is 0 Å². The lowest BCUT2D eigenvalue weighted by Crippen LogP contribution is -2.34. The molecule has 0 spiro atoms. The van der Waals surface area contributed by atoms with Gasteiger partial charge in [-0.1, -0.05) is 70.4 Å². The molecule has 0 bridgehead atoms. The second-order valence-electron chi connectivity index (χ2n) is 7.43. The number of amides is 2. The molecule has 0 aromatic heterocycles. The zero-order valence-electron chi connectivity index (χ0n) is 17.2. The number of ketones is 1. The van der Waals surface area contributed by atoms with Crippen LogP contribution in [0.2, 0.25) is 0 Å². The summed E-state index contributed by atoms with van der Waals surface area (Å²) in [5, 5.41) is 0. The Morgan fingerprint density at radius 1 is 0.741 bits per heavy atom. The number of hydrogen-bond acceptors (Lipinski definition) is 3. The van der Waals surface area contributed by atoms with E-state index in [0.717, 1.165) is 32.1 Å². The second-order valence-corrected chi connectivity index (χ2v) is 7.43. The molecule has 0 aromatic rings. The van der Waals surface area contributed by atoms with Gasteiger partial charge in [-0.05, 0) is 32.1 Å². The first-order valence-corrected chi connectivity index (χ1v) is 10.7. The van der Waals surface area contributed by atoms with Crippen molar-refractivity contribution in [1.29, 1.82) is 0 Å². The molecule has 0 radical (unpaired) electrons. The highest BCUT2D eigenvalue weighted by Gasteiger charge is 2.25. The fourth-order valence-electron chi connectivity index (χ4n) is 3.12. The number of nitrogens with two attached hydrogens (primary N) is 2. The number of Topliss-reactive ketones (excluding diaryl/α,β-unsaturated/α-hetero) is 1.